The van der Waals surface area contributed by atoms with Gasteiger partial charge in [-0.2, -0.15) is 5.26 Å². The molecule has 0 aliphatic rings. The lowest BCUT2D eigenvalue weighted by Crippen LogP contribution is -2.27. The maximum absolute atomic E-state index is 11.0. The van der Waals surface area contributed by atoms with Crippen molar-refractivity contribution in [1.82, 2.24) is 4.72 Å². The number of nitrogens with zero attached hydrogens (tertiary/aromatic N) is 1. The first-order valence-corrected chi connectivity index (χ1v) is 6.21. The van der Waals surface area contributed by atoms with E-state index in [9.17, 15) is 8.42 Å². The van der Waals surface area contributed by atoms with E-state index in [1.54, 1.807) is 0 Å². The zero-order valence-corrected chi connectivity index (χ0v) is 8.86. The lowest BCUT2D eigenvalue weighted by Gasteiger charge is -2.03. The average Bonchev–Trinajstić information content (AvgIpc) is 2.04. The van der Waals surface area contributed by atoms with Crippen LogP contribution >= 0.6 is 11.6 Å². The van der Waals surface area contributed by atoms with E-state index < -0.39 is 10.0 Å². The van der Waals surface area contributed by atoms with Crippen LogP contribution in [-0.2, 0) is 10.0 Å². The number of rotatable bonds is 7. The minimum absolute atomic E-state index is 0.0488. The van der Waals surface area contributed by atoms with Crippen LogP contribution in [-0.4, -0.2) is 26.6 Å². The van der Waals surface area contributed by atoms with Crippen molar-refractivity contribution in [2.75, 3.05) is 18.2 Å². The Morgan fingerprint density at radius 1 is 1.38 bits per heavy atom. The van der Waals surface area contributed by atoms with Crippen LogP contribution in [0.3, 0.4) is 0 Å². The van der Waals surface area contributed by atoms with Gasteiger partial charge in [0.15, 0.2) is 0 Å². The minimum atomic E-state index is -3.18. The van der Waals surface area contributed by atoms with Gasteiger partial charge in [-0.05, 0) is 12.8 Å². The summed E-state index contributed by atoms with van der Waals surface area (Å²) in [7, 11) is -3.18. The predicted molar refractivity (Wildman–Crippen MR) is 52.0 cm³/mol. The molecule has 0 aromatic rings. The molecule has 0 fully saturated rings. The van der Waals surface area contributed by atoms with Crippen LogP contribution in [0.5, 0.6) is 0 Å². The van der Waals surface area contributed by atoms with Crippen LogP contribution in [0.4, 0.5) is 0 Å². The summed E-state index contributed by atoms with van der Waals surface area (Å²) in [6.07, 6.45) is 1.88. The molecule has 0 aliphatic carbocycles. The molecule has 4 nitrogen and oxygen atoms in total. The number of unbranched alkanes of at least 4 members (excludes halogenated alkanes) is 2. The molecule has 1 N–H and O–H groups in total. The summed E-state index contributed by atoms with van der Waals surface area (Å²) in [6.45, 7) is 0.390. The number of hydrogen-bond donors (Lipinski definition) is 1. The molecule has 0 unspecified atom stereocenters. The van der Waals surface area contributed by atoms with E-state index in [-0.39, 0.29) is 11.6 Å². The molecule has 0 heterocycles. The van der Waals surface area contributed by atoms with Crippen molar-refractivity contribution in [3.8, 4) is 6.07 Å². The zero-order chi connectivity index (χ0) is 10.2. The fraction of sp³-hybridized carbons (Fsp3) is 0.857. The normalized spacial score (nSPS) is 11.1. The van der Waals surface area contributed by atoms with Gasteiger partial charge >= 0.3 is 0 Å². The highest BCUT2D eigenvalue weighted by molar-refractivity contribution is 7.89. The van der Waals surface area contributed by atoms with Crippen LogP contribution in [0.1, 0.15) is 19.3 Å². The third kappa shape index (κ3) is 8.03. The average molecular weight is 225 g/mol. The highest BCUT2D eigenvalue weighted by atomic mass is 35.5. The van der Waals surface area contributed by atoms with Crippen LogP contribution < -0.4 is 4.72 Å². The molecule has 0 aromatic carbocycles. The first kappa shape index (κ1) is 12.7. The maximum atomic E-state index is 11.0. The van der Waals surface area contributed by atoms with E-state index in [0.717, 1.165) is 6.42 Å². The van der Waals surface area contributed by atoms with Crippen molar-refractivity contribution in [1.29, 1.82) is 5.26 Å². The molecule has 0 atom stereocenters. The Bertz CT molecular complexity index is 258. The van der Waals surface area contributed by atoms with Crippen LogP contribution in [0.25, 0.3) is 0 Å². The van der Waals surface area contributed by atoms with Gasteiger partial charge in [-0.15, -0.1) is 11.6 Å². The minimum Gasteiger partial charge on any atom is -0.215 e. The fourth-order valence-corrected chi connectivity index (χ4v) is 2.14. The molecule has 0 aliphatic heterocycles. The fourth-order valence-electron chi connectivity index (χ4n) is 0.730. The van der Waals surface area contributed by atoms with Gasteiger partial charge in [0.1, 0.15) is 0 Å². The molecular formula is C7H13ClN2O2S. The molecular weight excluding hydrogens is 212 g/mol. The first-order chi connectivity index (χ1) is 6.12. The van der Waals surface area contributed by atoms with Crippen LogP contribution in [0.2, 0.25) is 0 Å². The van der Waals surface area contributed by atoms with Crippen molar-refractivity contribution in [2.24, 2.45) is 0 Å². The van der Waals surface area contributed by atoms with Crippen molar-refractivity contribution < 1.29 is 8.42 Å². The Kier molecular flexibility index (Phi) is 6.96. The Morgan fingerprint density at radius 2 is 2.08 bits per heavy atom. The Labute approximate surface area is 83.9 Å². The lowest BCUT2D eigenvalue weighted by molar-refractivity contribution is 0.579. The number of sulfonamides is 1. The summed E-state index contributed by atoms with van der Waals surface area (Å²) < 4.78 is 24.4. The van der Waals surface area contributed by atoms with E-state index >= 15 is 0 Å². The second-order valence-corrected chi connectivity index (χ2v) is 4.82. The predicted octanol–water partition coefficient (Wildman–Crippen LogP) is 0.838. The third-order valence-corrected chi connectivity index (χ3v) is 3.18. The van der Waals surface area contributed by atoms with E-state index in [1.165, 1.54) is 0 Å². The molecule has 6 heteroatoms. The van der Waals surface area contributed by atoms with Crippen LogP contribution in [0, 0.1) is 11.3 Å². The third-order valence-electron chi connectivity index (χ3n) is 1.38. The van der Waals surface area contributed by atoms with E-state index in [4.69, 9.17) is 16.9 Å². The molecule has 0 saturated heterocycles. The van der Waals surface area contributed by atoms with Gasteiger partial charge in [0.2, 0.25) is 10.0 Å². The van der Waals surface area contributed by atoms with E-state index in [2.05, 4.69) is 4.72 Å². The van der Waals surface area contributed by atoms with Gasteiger partial charge in [0.25, 0.3) is 0 Å². The Balaban J connectivity index is 3.48. The number of nitriles is 1. The second-order valence-electron chi connectivity index (χ2n) is 2.52. The van der Waals surface area contributed by atoms with E-state index in [0.29, 0.717) is 19.4 Å². The number of nitrogens with one attached hydrogen (secondary N) is 1. The summed E-state index contributed by atoms with van der Waals surface area (Å²) >= 11 is 5.29. The van der Waals surface area contributed by atoms with Crippen molar-refractivity contribution in [3.05, 3.63) is 0 Å². The van der Waals surface area contributed by atoms with Crippen molar-refractivity contribution >= 4 is 21.6 Å². The van der Waals surface area contributed by atoms with Crippen molar-refractivity contribution in [2.45, 2.75) is 19.3 Å². The monoisotopic (exact) mass is 224 g/mol. The SMILES string of the molecule is N#CCCCCNS(=O)(=O)CCCl. The molecule has 0 amide bonds. The largest absolute Gasteiger partial charge is 0.215 e. The van der Waals surface area contributed by atoms with Gasteiger partial charge in [-0.25, -0.2) is 13.1 Å². The molecule has 0 saturated carbocycles. The summed E-state index contributed by atoms with van der Waals surface area (Å²) in [4.78, 5) is 0. The Hall–Kier alpha value is -0.310. The van der Waals surface area contributed by atoms with Gasteiger partial charge in [0.05, 0.1) is 11.8 Å². The summed E-state index contributed by atoms with van der Waals surface area (Å²) in [5.74, 6) is 0.0559. The van der Waals surface area contributed by atoms with E-state index in [1.807, 2.05) is 6.07 Å². The smallest absolute Gasteiger partial charge is 0.212 e. The summed E-state index contributed by atoms with van der Waals surface area (Å²) in [5, 5.41) is 8.20. The van der Waals surface area contributed by atoms with Gasteiger partial charge < -0.3 is 0 Å². The summed E-state index contributed by atoms with van der Waals surface area (Å²) in [5.41, 5.74) is 0. The molecule has 0 radical (unpaired) electrons. The highest BCUT2D eigenvalue weighted by Crippen LogP contribution is 1.93. The van der Waals surface area contributed by atoms with Crippen molar-refractivity contribution in [3.63, 3.8) is 0 Å². The number of halogens is 1. The molecule has 0 bridgehead atoms. The molecule has 76 valence electrons. The van der Waals surface area contributed by atoms with Gasteiger partial charge in [-0.3, -0.25) is 0 Å². The van der Waals surface area contributed by atoms with Gasteiger partial charge in [0, 0.05) is 18.8 Å². The van der Waals surface area contributed by atoms with Crippen LogP contribution in [0.15, 0.2) is 0 Å². The number of hydrogen-bond acceptors (Lipinski definition) is 3. The summed E-state index contributed by atoms with van der Waals surface area (Å²) in [6, 6.07) is 1.99. The van der Waals surface area contributed by atoms with Gasteiger partial charge in [-0.1, -0.05) is 0 Å². The highest BCUT2D eigenvalue weighted by Gasteiger charge is 2.06. The molecule has 13 heavy (non-hydrogen) atoms. The standard InChI is InChI=1S/C7H13ClN2O2S/c8-4-7-13(11,12)10-6-3-1-2-5-9/h10H,1-4,6-7H2. The molecule has 0 spiro atoms. The molecule has 0 rings (SSSR count). The lowest BCUT2D eigenvalue weighted by atomic mass is 10.2. The zero-order valence-electron chi connectivity index (χ0n) is 7.29. The second kappa shape index (κ2) is 7.13. The number of alkyl halides is 1. The molecule has 0 aromatic heterocycles. The Morgan fingerprint density at radius 3 is 2.62 bits per heavy atom. The quantitative estimate of drug-likeness (QED) is 0.515. The maximum Gasteiger partial charge on any atom is 0.212 e. The topological polar surface area (TPSA) is 70.0 Å². The first-order valence-electron chi connectivity index (χ1n) is 4.02.